The van der Waals surface area contributed by atoms with Crippen molar-refractivity contribution >= 4 is 16.3 Å². The second-order valence-electron chi connectivity index (χ2n) is 3.74. The molecule has 0 aliphatic rings. The van der Waals surface area contributed by atoms with Gasteiger partial charge in [0.25, 0.3) is 0 Å². The average Bonchev–Trinajstić information content (AvgIpc) is 2.71. The highest BCUT2D eigenvalue weighted by Crippen LogP contribution is 2.10. The minimum absolute atomic E-state index is 0.832. The molecule has 1 N–H and O–H groups in total. The lowest BCUT2D eigenvalue weighted by Gasteiger charge is -1.97. The van der Waals surface area contributed by atoms with Gasteiger partial charge in [0.15, 0.2) is 4.96 Å². The highest BCUT2D eigenvalue weighted by atomic mass is 32.1. The number of hydrogen-bond donors (Lipinski definition) is 1. The van der Waals surface area contributed by atoms with Crippen LogP contribution in [0.25, 0.3) is 4.96 Å². The normalized spacial score (nSPS) is 10.8. The van der Waals surface area contributed by atoms with Crippen LogP contribution in [0.3, 0.4) is 0 Å². The number of allylic oxidation sites excluding steroid dienone is 1. The van der Waals surface area contributed by atoms with Crippen LogP contribution in [0.5, 0.6) is 0 Å². The zero-order chi connectivity index (χ0) is 10.7. The van der Waals surface area contributed by atoms with Crippen LogP contribution in [-0.4, -0.2) is 15.9 Å². The number of hydrogen-bond acceptors (Lipinski definition) is 3. The standard InChI is InChI=1S/C11H15N3S/c1-9(2)3-4-12-7-10-8-14-5-6-15-11(14)13-10/h3,5-6,8,12H,4,7H2,1-2H3. The molecule has 0 saturated heterocycles. The Morgan fingerprint density at radius 2 is 2.47 bits per heavy atom. The summed E-state index contributed by atoms with van der Waals surface area (Å²) in [5, 5.41) is 5.38. The minimum atomic E-state index is 0.832. The van der Waals surface area contributed by atoms with Crippen LogP contribution in [0.2, 0.25) is 0 Å². The predicted molar refractivity (Wildman–Crippen MR) is 64.2 cm³/mol. The van der Waals surface area contributed by atoms with Crippen LogP contribution in [-0.2, 0) is 6.54 Å². The van der Waals surface area contributed by atoms with E-state index in [1.165, 1.54) is 5.57 Å². The van der Waals surface area contributed by atoms with Crippen LogP contribution >= 0.6 is 11.3 Å². The zero-order valence-corrected chi connectivity index (χ0v) is 9.84. The summed E-state index contributed by atoms with van der Waals surface area (Å²) in [5.74, 6) is 0. The van der Waals surface area contributed by atoms with Crippen molar-refractivity contribution in [2.75, 3.05) is 6.54 Å². The molecule has 0 amide bonds. The summed E-state index contributed by atoms with van der Waals surface area (Å²) < 4.78 is 2.06. The van der Waals surface area contributed by atoms with E-state index >= 15 is 0 Å². The molecule has 2 heterocycles. The van der Waals surface area contributed by atoms with Crippen molar-refractivity contribution in [1.82, 2.24) is 14.7 Å². The van der Waals surface area contributed by atoms with E-state index in [1.807, 2.05) is 11.6 Å². The largest absolute Gasteiger partial charge is 0.308 e. The Morgan fingerprint density at radius 3 is 3.20 bits per heavy atom. The lowest BCUT2D eigenvalue weighted by Crippen LogP contribution is -2.13. The van der Waals surface area contributed by atoms with Crippen molar-refractivity contribution in [1.29, 1.82) is 0 Å². The van der Waals surface area contributed by atoms with E-state index < -0.39 is 0 Å². The van der Waals surface area contributed by atoms with Crippen LogP contribution < -0.4 is 5.32 Å². The van der Waals surface area contributed by atoms with Gasteiger partial charge in [0.05, 0.1) is 5.69 Å². The van der Waals surface area contributed by atoms with E-state index in [4.69, 9.17) is 0 Å². The van der Waals surface area contributed by atoms with E-state index in [2.05, 4.69) is 40.8 Å². The molecule has 3 nitrogen and oxygen atoms in total. The van der Waals surface area contributed by atoms with Crippen LogP contribution in [0.1, 0.15) is 19.5 Å². The van der Waals surface area contributed by atoms with Gasteiger partial charge in [-0.25, -0.2) is 4.98 Å². The maximum absolute atomic E-state index is 4.49. The number of imidazole rings is 1. The molecule has 0 bridgehead atoms. The molecule has 4 heteroatoms. The molecule has 0 saturated carbocycles. The van der Waals surface area contributed by atoms with Crippen molar-refractivity contribution in [2.24, 2.45) is 0 Å². The van der Waals surface area contributed by atoms with Gasteiger partial charge in [0.2, 0.25) is 0 Å². The third kappa shape index (κ3) is 2.67. The van der Waals surface area contributed by atoms with Crippen LogP contribution in [0, 0.1) is 0 Å². The fourth-order valence-corrected chi connectivity index (χ4v) is 2.06. The quantitative estimate of drug-likeness (QED) is 0.635. The van der Waals surface area contributed by atoms with Crippen molar-refractivity contribution < 1.29 is 0 Å². The van der Waals surface area contributed by atoms with Crippen LogP contribution in [0.4, 0.5) is 0 Å². The number of thiazole rings is 1. The van der Waals surface area contributed by atoms with Crippen molar-refractivity contribution in [3.8, 4) is 0 Å². The number of aromatic nitrogens is 2. The Kier molecular flexibility index (Phi) is 3.18. The van der Waals surface area contributed by atoms with Gasteiger partial charge in [-0.3, -0.25) is 4.40 Å². The minimum Gasteiger partial charge on any atom is -0.308 e. The van der Waals surface area contributed by atoms with Gasteiger partial charge in [-0.15, -0.1) is 11.3 Å². The summed E-state index contributed by atoms with van der Waals surface area (Å²) in [7, 11) is 0. The van der Waals surface area contributed by atoms with E-state index in [0.29, 0.717) is 0 Å². The first-order valence-electron chi connectivity index (χ1n) is 5.01. The fourth-order valence-electron chi connectivity index (χ4n) is 1.34. The van der Waals surface area contributed by atoms with Gasteiger partial charge in [-0.05, 0) is 13.8 Å². The highest BCUT2D eigenvalue weighted by Gasteiger charge is 2.00. The molecular weight excluding hydrogens is 206 g/mol. The summed E-state index contributed by atoms with van der Waals surface area (Å²) in [5.41, 5.74) is 2.44. The maximum atomic E-state index is 4.49. The Bertz CT molecular complexity index is 434. The van der Waals surface area contributed by atoms with Gasteiger partial charge in [-0.2, -0.15) is 0 Å². The molecule has 0 unspecified atom stereocenters. The molecule has 0 atom stereocenters. The number of rotatable bonds is 4. The summed E-state index contributed by atoms with van der Waals surface area (Å²) in [6.45, 7) is 5.95. The van der Waals surface area contributed by atoms with E-state index in [9.17, 15) is 0 Å². The van der Waals surface area contributed by atoms with Gasteiger partial charge < -0.3 is 5.32 Å². The summed E-state index contributed by atoms with van der Waals surface area (Å²) >= 11 is 1.66. The van der Waals surface area contributed by atoms with Gasteiger partial charge in [0.1, 0.15) is 0 Å². The van der Waals surface area contributed by atoms with Gasteiger partial charge in [-0.1, -0.05) is 11.6 Å². The van der Waals surface area contributed by atoms with Gasteiger partial charge >= 0.3 is 0 Å². The molecule has 2 aromatic heterocycles. The molecule has 0 aliphatic carbocycles. The molecule has 0 spiro atoms. The van der Waals surface area contributed by atoms with E-state index in [0.717, 1.165) is 23.7 Å². The number of fused-ring (bicyclic) bond motifs is 1. The molecular formula is C11H15N3S. The third-order valence-electron chi connectivity index (χ3n) is 2.10. The Balaban J connectivity index is 1.90. The first-order valence-corrected chi connectivity index (χ1v) is 5.89. The Morgan fingerprint density at radius 1 is 1.60 bits per heavy atom. The maximum Gasteiger partial charge on any atom is 0.193 e. The van der Waals surface area contributed by atoms with Gasteiger partial charge in [0, 0.05) is 30.9 Å². The topological polar surface area (TPSA) is 29.3 Å². The lowest BCUT2D eigenvalue weighted by molar-refractivity contribution is 0.742. The zero-order valence-electron chi connectivity index (χ0n) is 9.03. The first kappa shape index (κ1) is 10.4. The van der Waals surface area contributed by atoms with Crippen molar-refractivity contribution in [3.63, 3.8) is 0 Å². The predicted octanol–water partition coefficient (Wildman–Crippen LogP) is 2.45. The molecule has 0 aromatic carbocycles. The Hall–Kier alpha value is -1.13. The van der Waals surface area contributed by atoms with E-state index in [1.54, 1.807) is 11.3 Å². The molecule has 0 aliphatic heterocycles. The number of nitrogens with zero attached hydrogens (tertiary/aromatic N) is 2. The van der Waals surface area contributed by atoms with Crippen molar-refractivity contribution in [3.05, 3.63) is 35.1 Å². The molecule has 0 fully saturated rings. The second kappa shape index (κ2) is 4.59. The third-order valence-corrected chi connectivity index (χ3v) is 2.87. The van der Waals surface area contributed by atoms with Crippen molar-refractivity contribution in [2.45, 2.75) is 20.4 Å². The SMILES string of the molecule is CC(C)=CCNCc1cn2ccsc2n1. The lowest BCUT2D eigenvalue weighted by atomic mass is 10.3. The molecule has 2 rings (SSSR count). The first-order chi connectivity index (χ1) is 7.25. The highest BCUT2D eigenvalue weighted by molar-refractivity contribution is 7.15. The average molecular weight is 221 g/mol. The Labute approximate surface area is 93.5 Å². The van der Waals surface area contributed by atoms with Crippen LogP contribution in [0.15, 0.2) is 29.4 Å². The molecule has 0 radical (unpaired) electrons. The smallest absolute Gasteiger partial charge is 0.193 e. The summed E-state index contributed by atoms with van der Waals surface area (Å²) in [6.07, 6.45) is 6.28. The molecule has 2 aromatic rings. The summed E-state index contributed by atoms with van der Waals surface area (Å²) in [6, 6.07) is 0. The molecule has 15 heavy (non-hydrogen) atoms. The number of nitrogens with one attached hydrogen (secondary N) is 1. The van der Waals surface area contributed by atoms with E-state index in [-0.39, 0.29) is 0 Å². The molecule has 80 valence electrons. The fraction of sp³-hybridized carbons (Fsp3) is 0.364. The summed E-state index contributed by atoms with van der Waals surface area (Å²) in [4.78, 5) is 5.55. The monoisotopic (exact) mass is 221 g/mol. The second-order valence-corrected chi connectivity index (χ2v) is 4.61.